The molecule has 2 aromatic heterocycles. The van der Waals surface area contributed by atoms with Crippen LogP contribution in [0.2, 0.25) is 0 Å². The van der Waals surface area contributed by atoms with Gasteiger partial charge in [0.25, 0.3) is 0 Å². The van der Waals surface area contributed by atoms with Crippen molar-refractivity contribution in [2.75, 3.05) is 5.73 Å². The molecule has 0 saturated heterocycles. The summed E-state index contributed by atoms with van der Waals surface area (Å²) in [5.41, 5.74) is 9.41. The molecular formula is C23H17N5O. The fraction of sp³-hybridized carbons (Fsp3) is 0. The summed E-state index contributed by atoms with van der Waals surface area (Å²) in [5, 5.41) is 5.53. The summed E-state index contributed by atoms with van der Waals surface area (Å²) in [6.45, 7) is 0. The summed E-state index contributed by atoms with van der Waals surface area (Å²) in [4.78, 5) is 8.59. The van der Waals surface area contributed by atoms with Crippen molar-refractivity contribution in [3.8, 4) is 28.4 Å². The monoisotopic (exact) mass is 379 g/mol. The van der Waals surface area contributed by atoms with Crippen LogP contribution in [0.3, 0.4) is 0 Å². The number of rotatable bonds is 4. The van der Waals surface area contributed by atoms with Gasteiger partial charge < -0.3 is 10.5 Å². The molecule has 0 amide bonds. The minimum atomic E-state index is 0.400. The highest BCUT2D eigenvalue weighted by Crippen LogP contribution is 2.33. The van der Waals surface area contributed by atoms with E-state index in [1.807, 2.05) is 84.9 Å². The maximum Gasteiger partial charge on any atom is 0.169 e. The van der Waals surface area contributed by atoms with Gasteiger partial charge >= 0.3 is 0 Å². The molecule has 0 saturated carbocycles. The maximum atomic E-state index is 6.19. The SMILES string of the molecule is Nc1ncnc2c1c(-c1ccc(Oc3ccccc3)cc1)nn2-c1ccccc1. The van der Waals surface area contributed by atoms with Crippen molar-refractivity contribution in [2.45, 2.75) is 0 Å². The third-order valence-electron chi connectivity index (χ3n) is 4.60. The van der Waals surface area contributed by atoms with Crippen LogP contribution >= 0.6 is 0 Å². The highest BCUT2D eigenvalue weighted by atomic mass is 16.5. The summed E-state index contributed by atoms with van der Waals surface area (Å²) in [6.07, 6.45) is 1.46. The van der Waals surface area contributed by atoms with Gasteiger partial charge in [0.2, 0.25) is 0 Å². The molecule has 0 aliphatic carbocycles. The summed E-state index contributed by atoms with van der Waals surface area (Å²) in [5.74, 6) is 1.93. The standard InChI is InChI=1S/C23H17N5O/c24-22-20-21(16-11-13-19(14-12-16)29-18-9-5-2-6-10-18)27-28(23(20)26-15-25-22)17-7-3-1-4-8-17/h1-15H,(H2,24,25,26). The molecule has 140 valence electrons. The van der Waals surface area contributed by atoms with Crippen molar-refractivity contribution < 1.29 is 4.74 Å². The van der Waals surface area contributed by atoms with Crippen molar-refractivity contribution in [1.29, 1.82) is 0 Å². The Labute approximate surface area is 167 Å². The molecule has 6 nitrogen and oxygen atoms in total. The molecule has 2 N–H and O–H groups in total. The average Bonchev–Trinajstić information content (AvgIpc) is 3.17. The van der Waals surface area contributed by atoms with Gasteiger partial charge in [-0.2, -0.15) is 5.10 Å². The number of anilines is 1. The van der Waals surface area contributed by atoms with Crippen molar-refractivity contribution in [3.63, 3.8) is 0 Å². The van der Waals surface area contributed by atoms with Crippen molar-refractivity contribution in [2.24, 2.45) is 0 Å². The van der Waals surface area contributed by atoms with Gasteiger partial charge in [0.05, 0.1) is 11.1 Å². The summed E-state index contributed by atoms with van der Waals surface area (Å²) < 4.78 is 7.67. The minimum absolute atomic E-state index is 0.400. The van der Waals surface area contributed by atoms with Crippen LogP contribution in [0.1, 0.15) is 0 Å². The lowest BCUT2D eigenvalue weighted by atomic mass is 10.1. The molecule has 2 heterocycles. The van der Waals surface area contributed by atoms with Crippen LogP contribution in [0.25, 0.3) is 28.0 Å². The maximum absolute atomic E-state index is 6.19. The van der Waals surface area contributed by atoms with Gasteiger partial charge in [-0.15, -0.1) is 0 Å². The fourth-order valence-corrected chi connectivity index (χ4v) is 3.23. The number of hydrogen-bond donors (Lipinski definition) is 1. The molecule has 29 heavy (non-hydrogen) atoms. The predicted molar refractivity (Wildman–Crippen MR) is 113 cm³/mol. The first kappa shape index (κ1) is 16.9. The molecule has 5 aromatic rings. The molecule has 3 aromatic carbocycles. The lowest BCUT2D eigenvalue weighted by Gasteiger charge is -2.06. The molecule has 0 aliphatic heterocycles. The number of nitrogens with zero attached hydrogens (tertiary/aromatic N) is 4. The Hall–Kier alpha value is -4.19. The Morgan fingerprint density at radius 1 is 0.724 bits per heavy atom. The van der Waals surface area contributed by atoms with Crippen LogP contribution in [-0.2, 0) is 0 Å². The van der Waals surface area contributed by atoms with Crippen LogP contribution in [-0.4, -0.2) is 19.7 Å². The van der Waals surface area contributed by atoms with Crippen LogP contribution in [0.4, 0.5) is 5.82 Å². The Kier molecular flexibility index (Phi) is 4.14. The molecule has 0 spiro atoms. The quantitative estimate of drug-likeness (QED) is 0.482. The van der Waals surface area contributed by atoms with Crippen LogP contribution in [0.5, 0.6) is 11.5 Å². The van der Waals surface area contributed by atoms with Crippen LogP contribution in [0, 0.1) is 0 Å². The van der Waals surface area contributed by atoms with Gasteiger partial charge in [0.15, 0.2) is 5.65 Å². The lowest BCUT2D eigenvalue weighted by Crippen LogP contribution is -1.98. The van der Waals surface area contributed by atoms with E-state index < -0.39 is 0 Å². The molecule has 6 heteroatoms. The van der Waals surface area contributed by atoms with Crippen LogP contribution in [0.15, 0.2) is 91.3 Å². The number of nitrogen functional groups attached to an aromatic ring is 1. The number of nitrogens with two attached hydrogens (primary N) is 1. The topological polar surface area (TPSA) is 78.8 Å². The normalized spacial score (nSPS) is 10.9. The summed E-state index contributed by atoms with van der Waals surface area (Å²) >= 11 is 0. The molecule has 0 bridgehead atoms. The molecule has 0 fully saturated rings. The molecule has 0 atom stereocenters. The second kappa shape index (κ2) is 7.09. The second-order valence-electron chi connectivity index (χ2n) is 6.49. The van der Waals surface area contributed by atoms with E-state index in [4.69, 9.17) is 15.6 Å². The third-order valence-corrected chi connectivity index (χ3v) is 4.60. The Morgan fingerprint density at radius 2 is 1.38 bits per heavy atom. The van der Waals surface area contributed by atoms with E-state index in [0.717, 1.165) is 33.8 Å². The molecule has 0 radical (unpaired) electrons. The lowest BCUT2D eigenvalue weighted by molar-refractivity contribution is 0.483. The van der Waals surface area contributed by atoms with E-state index >= 15 is 0 Å². The Morgan fingerprint density at radius 3 is 2.10 bits per heavy atom. The first-order chi connectivity index (χ1) is 14.3. The first-order valence-corrected chi connectivity index (χ1v) is 9.17. The first-order valence-electron chi connectivity index (χ1n) is 9.17. The number of benzene rings is 3. The zero-order chi connectivity index (χ0) is 19.6. The van der Waals surface area contributed by atoms with Gasteiger partial charge in [0, 0.05) is 5.56 Å². The van der Waals surface area contributed by atoms with E-state index in [1.165, 1.54) is 6.33 Å². The Bertz CT molecular complexity index is 1270. The van der Waals surface area contributed by atoms with Gasteiger partial charge in [-0.1, -0.05) is 36.4 Å². The second-order valence-corrected chi connectivity index (χ2v) is 6.49. The summed E-state index contributed by atoms with van der Waals surface area (Å²) in [6, 6.07) is 27.3. The smallest absolute Gasteiger partial charge is 0.169 e. The molecule has 0 aliphatic rings. The van der Waals surface area contributed by atoms with Gasteiger partial charge in [-0.3, -0.25) is 0 Å². The number of hydrogen-bond acceptors (Lipinski definition) is 5. The average molecular weight is 379 g/mol. The number of aromatic nitrogens is 4. The van der Waals surface area contributed by atoms with Crippen LogP contribution < -0.4 is 10.5 Å². The van der Waals surface area contributed by atoms with E-state index in [-0.39, 0.29) is 0 Å². The number of fused-ring (bicyclic) bond motifs is 1. The zero-order valence-electron chi connectivity index (χ0n) is 15.4. The van der Waals surface area contributed by atoms with E-state index in [2.05, 4.69) is 9.97 Å². The van der Waals surface area contributed by atoms with E-state index in [1.54, 1.807) is 4.68 Å². The molecule has 0 unspecified atom stereocenters. The molecular weight excluding hydrogens is 362 g/mol. The van der Waals surface area contributed by atoms with Crippen molar-refractivity contribution in [1.82, 2.24) is 19.7 Å². The van der Waals surface area contributed by atoms with Gasteiger partial charge in [-0.25, -0.2) is 14.6 Å². The summed E-state index contributed by atoms with van der Waals surface area (Å²) in [7, 11) is 0. The minimum Gasteiger partial charge on any atom is -0.457 e. The fourth-order valence-electron chi connectivity index (χ4n) is 3.23. The number of para-hydroxylation sites is 2. The highest BCUT2D eigenvalue weighted by Gasteiger charge is 2.18. The van der Waals surface area contributed by atoms with E-state index in [0.29, 0.717) is 11.5 Å². The van der Waals surface area contributed by atoms with Crippen molar-refractivity contribution >= 4 is 16.9 Å². The highest BCUT2D eigenvalue weighted by molar-refractivity contribution is 5.98. The van der Waals surface area contributed by atoms with Gasteiger partial charge in [0.1, 0.15) is 29.3 Å². The predicted octanol–water partition coefficient (Wildman–Crippen LogP) is 4.86. The number of ether oxygens (including phenoxy) is 1. The van der Waals surface area contributed by atoms with Gasteiger partial charge in [-0.05, 0) is 48.5 Å². The largest absolute Gasteiger partial charge is 0.457 e. The van der Waals surface area contributed by atoms with E-state index in [9.17, 15) is 0 Å². The molecule has 5 rings (SSSR count). The Balaban J connectivity index is 1.58. The van der Waals surface area contributed by atoms with Crippen molar-refractivity contribution in [3.05, 3.63) is 91.3 Å². The third kappa shape index (κ3) is 3.17. The zero-order valence-corrected chi connectivity index (χ0v) is 15.4.